The average molecular weight is 511 g/mol. The Morgan fingerprint density at radius 1 is 1.19 bits per heavy atom. The number of amides is 3. The Labute approximate surface area is 216 Å². The number of nitrogens with one attached hydrogen (secondary N) is 1. The van der Waals surface area contributed by atoms with Gasteiger partial charge in [-0.1, -0.05) is 29.8 Å². The van der Waals surface area contributed by atoms with E-state index >= 15 is 0 Å². The molecule has 0 bridgehead atoms. The first-order chi connectivity index (χ1) is 17.2. The van der Waals surface area contributed by atoms with Crippen molar-refractivity contribution < 1.29 is 19.1 Å². The summed E-state index contributed by atoms with van der Waals surface area (Å²) in [7, 11) is 1.68. The average Bonchev–Trinajstić information content (AvgIpc) is 3.38. The monoisotopic (exact) mass is 510 g/mol. The van der Waals surface area contributed by atoms with Crippen LogP contribution in [0.3, 0.4) is 0 Å². The zero-order valence-electron chi connectivity index (χ0n) is 21.5. The molecule has 1 aromatic heterocycles. The molecule has 8 nitrogen and oxygen atoms in total. The number of aryl methyl sites for hydroxylation is 2. The van der Waals surface area contributed by atoms with Gasteiger partial charge in [-0.2, -0.15) is 0 Å². The van der Waals surface area contributed by atoms with E-state index in [-0.39, 0.29) is 24.6 Å². The maximum Gasteiger partial charge on any atom is 0.338 e. The number of esters is 1. The summed E-state index contributed by atoms with van der Waals surface area (Å²) in [5.74, 6) is -0.377. The van der Waals surface area contributed by atoms with E-state index in [9.17, 15) is 14.4 Å². The van der Waals surface area contributed by atoms with Crippen LogP contribution in [-0.4, -0.2) is 78.5 Å². The predicted octanol–water partition coefficient (Wildman–Crippen LogP) is 3.72. The number of hydrogen-bond acceptors (Lipinski definition) is 6. The van der Waals surface area contributed by atoms with Gasteiger partial charge in [0, 0.05) is 45.0 Å². The van der Waals surface area contributed by atoms with Crippen LogP contribution >= 0.6 is 11.3 Å². The minimum atomic E-state index is -0.596. The van der Waals surface area contributed by atoms with Crippen LogP contribution in [0.5, 0.6) is 0 Å². The van der Waals surface area contributed by atoms with Crippen LogP contribution in [0.2, 0.25) is 0 Å². The second-order valence-electron chi connectivity index (χ2n) is 9.44. The molecule has 9 heteroatoms. The first-order valence-electron chi connectivity index (χ1n) is 12.3. The molecule has 0 aliphatic carbocycles. The van der Waals surface area contributed by atoms with Gasteiger partial charge >= 0.3 is 12.0 Å². The van der Waals surface area contributed by atoms with Gasteiger partial charge in [-0.3, -0.25) is 14.6 Å². The van der Waals surface area contributed by atoms with Gasteiger partial charge in [-0.05, 0) is 50.3 Å². The molecule has 0 spiro atoms. The number of likely N-dealkylation sites (N-methyl/N-ethyl adjacent to an activating group) is 1. The first-order valence-corrected chi connectivity index (χ1v) is 13.2. The van der Waals surface area contributed by atoms with Crippen molar-refractivity contribution in [2.75, 3.05) is 39.8 Å². The Morgan fingerprint density at radius 2 is 1.97 bits per heavy atom. The lowest BCUT2D eigenvalue weighted by Gasteiger charge is -2.42. The number of carbonyl (C=O) groups is 3. The number of thiophene rings is 1. The molecule has 2 aliphatic rings. The molecule has 1 fully saturated rings. The van der Waals surface area contributed by atoms with E-state index in [4.69, 9.17) is 4.74 Å². The highest BCUT2D eigenvalue weighted by molar-refractivity contribution is 7.12. The van der Waals surface area contributed by atoms with Crippen molar-refractivity contribution in [3.63, 3.8) is 0 Å². The predicted molar refractivity (Wildman–Crippen MR) is 140 cm³/mol. The Hall–Kier alpha value is -3.17. The highest BCUT2D eigenvalue weighted by Crippen LogP contribution is 2.34. The van der Waals surface area contributed by atoms with Crippen LogP contribution in [0, 0.1) is 13.8 Å². The number of hydrogen-bond donors (Lipinski definition) is 1. The quantitative estimate of drug-likeness (QED) is 0.599. The largest absolute Gasteiger partial charge is 0.463 e. The maximum absolute atomic E-state index is 13.3. The van der Waals surface area contributed by atoms with Crippen LogP contribution < -0.4 is 5.32 Å². The van der Waals surface area contributed by atoms with Crippen LogP contribution in [-0.2, 0) is 9.53 Å². The van der Waals surface area contributed by atoms with Gasteiger partial charge in [-0.25, -0.2) is 9.59 Å². The molecule has 1 N–H and O–H groups in total. The maximum atomic E-state index is 13.3. The molecule has 1 aromatic carbocycles. The third kappa shape index (κ3) is 5.17. The van der Waals surface area contributed by atoms with Crippen molar-refractivity contribution in [1.29, 1.82) is 0 Å². The fraction of sp³-hybridized carbons (Fsp3) is 0.444. The summed E-state index contributed by atoms with van der Waals surface area (Å²) >= 11 is 1.45. The van der Waals surface area contributed by atoms with Crippen molar-refractivity contribution in [2.24, 2.45) is 0 Å². The van der Waals surface area contributed by atoms with E-state index in [1.165, 1.54) is 16.2 Å². The van der Waals surface area contributed by atoms with Crippen molar-refractivity contribution in [2.45, 2.75) is 39.8 Å². The third-order valence-corrected chi connectivity index (χ3v) is 7.75. The molecule has 0 saturated carbocycles. The van der Waals surface area contributed by atoms with Gasteiger partial charge in [0.1, 0.15) is 0 Å². The van der Waals surface area contributed by atoms with Gasteiger partial charge in [0.05, 0.1) is 23.1 Å². The van der Waals surface area contributed by atoms with E-state index in [1.54, 1.807) is 14.0 Å². The topological polar surface area (TPSA) is 82.2 Å². The van der Waals surface area contributed by atoms with Crippen molar-refractivity contribution in [3.05, 3.63) is 68.5 Å². The molecule has 3 amide bonds. The van der Waals surface area contributed by atoms with Crippen LogP contribution in [0.1, 0.15) is 46.3 Å². The highest BCUT2D eigenvalue weighted by Gasteiger charge is 2.39. The molecule has 4 rings (SSSR count). The standard InChI is InChI=1S/C27H34N4O4S/c1-6-35-26(33)23-21(29(5)27(34)28-24(23)20-14-17(2)9-10-18(20)3)16-30-11-12-31(19(4)15-30)25(32)22-8-7-13-36-22/h7-10,13-14,19,24H,6,11-12,15-16H2,1-5H3,(H,28,34). The molecule has 2 atom stereocenters. The van der Waals surface area contributed by atoms with Crippen LogP contribution in [0.25, 0.3) is 0 Å². The van der Waals surface area contributed by atoms with E-state index in [0.29, 0.717) is 37.4 Å². The number of piperazine rings is 1. The smallest absolute Gasteiger partial charge is 0.338 e. The SMILES string of the molecule is CCOC(=O)C1=C(CN2CCN(C(=O)c3cccs3)C(C)C2)N(C)C(=O)NC1c1cc(C)ccc1C. The normalized spacial score (nSPS) is 21.0. The summed E-state index contributed by atoms with van der Waals surface area (Å²) in [5, 5.41) is 4.92. The Bertz CT molecular complexity index is 1180. The van der Waals surface area contributed by atoms with Crippen molar-refractivity contribution in [1.82, 2.24) is 20.0 Å². The minimum absolute atomic E-state index is 0.00229. The molecule has 192 valence electrons. The van der Waals surface area contributed by atoms with Gasteiger partial charge in [0.25, 0.3) is 5.91 Å². The highest BCUT2D eigenvalue weighted by atomic mass is 32.1. The van der Waals surface area contributed by atoms with Crippen LogP contribution in [0.4, 0.5) is 4.79 Å². The zero-order chi connectivity index (χ0) is 26.0. The summed E-state index contributed by atoms with van der Waals surface area (Å²) in [4.78, 5) is 45.6. The lowest BCUT2D eigenvalue weighted by atomic mass is 9.90. The second-order valence-corrected chi connectivity index (χ2v) is 10.4. The fourth-order valence-electron chi connectivity index (χ4n) is 4.93. The Balaban J connectivity index is 1.64. The molecule has 3 heterocycles. The fourth-order valence-corrected chi connectivity index (χ4v) is 5.61. The van der Waals surface area contributed by atoms with Gasteiger partial charge in [0.2, 0.25) is 0 Å². The van der Waals surface area contributed by atoms with Crippen LogP contribution in [0.15, 0.2) is 47.0 Å². The van der Waals surface area contributed by atoms with Crippen molar-refractivity contribution in [3.8, 4) is 0 Å². The number of benzene rings is 1. The van der Waals surface area contributed by atoms with E-state index in [2.05, 4.69) is 10.2 Å². The van der Waals surface area contributed by atoms with Gasteiger partial charge in [0.15, 0.2) is 0 Å². The lowest BCUT2D eigenvalue weighted by molar-refractivity contribution is -0.139. The molecule has 0 radical (unpaired) electrons. The Morgan fingerprint density at radius 3 is 2.64 bits per heavy atom. The third-order valence-electron chi connectivity index (χ3n) is 6.90. The summed E-state index contributed by atoms with van der Waals surface area (Å²) in [6, 6.07) is 8.91. The zero-order valence-corrected chi connectivity index (χ0v) is 22.4. The summed E-state index contributed by atoms with van der Waals surface area (Å²) < 4.78 is 5.47. The number of carbonyl (C=O) groups excluding carboxylic acids is 3. The molecule has 36 heavy (non-hydrogen) atoms. The number of nitrogens with zero attached hydrogens (tertiary/aromatic N) is 3. The molecule has 1 saturated heterocycles. The molecule has 2 unspecified atom stereocenters. The lowest BCUT2D eigenvalue weighted by Crippen LogP contribution is -2.56. The second kappa shape index (κ2) is 10.8. The number of ether oxygens (including phenoxy) is 1. The van der Waals surface area contributed by atoms with E-state index < -0.39 is 12.0 Å². The Kier molecular flexibility index (Phi) is 7.80. The summed E-state index contributed by atoms with van der Waals surface area (Å²) in [6.45, 7) is 10.3. The van der Waals surface area contributed by atoms with Crippen molar-refractivity contribution >= 4 is 29.2 Å². The minimum Gasteiger partial charge on any atom is -0.463 e. The summed E-state index contributed by atoms with van der Waals surface area (Å²) in [6.07, 6.45) is 0. The van der Waals surface area contributed by atoms with E-state index in [0.717, 1.165) is 21.6 Å². The van der Waals surface area contributed by atoms with Gasteiger partial charge < -0.3 is 15.0 Å². The van der Waals surface area contributed by atoms with Gasteiger partial charge in [-0.15, -0.1) is 11.3 Å². The molecular weight excluding hydrogens is 476 g/mol. The summed E-state index contributed by atoms with van der Waals surface area (Å²) in [5.41, 5.74) is 4.02. The number of urea groups is 1. The molecule has 2 aromatic rings. The first kappa shape index (κ1) is 25.9. The molecular formula is C27H34N4O4S. The molecule has 2 aliphatic heterocycles. The number of rotatable bonds is 6. The van der Waals surface area contributed by atoms with E-state index in [1.807, 2.05) is 61.4 Å².